The number of hydrogen-bond donors (Lipinski definition) is 2. The second kappa shape index (κ2) is 11.1. The maximum atomic E-state index is 13.9. The lowest BCUT2D eigenvalue weighted by Gasteiger charge is -2.17. The Bertz CT molecular complexity index is 1450. The minimum absolute atomic E-state index is 0.101. The molecular weight excluding hydrogens is 506 g/mol. The summed E-state index contributed by atoms with van der Waals surface area (Å²) in [5.41, 5.74) is 2.53. The lowest BCUT2D eigenvalue weighted by Crippen LogP contribution is -2.27. The lowest BCUT2D eigenvalue weighted by atomic mass is 9.97. The number of ether oxygens (including phenoxy) is 1. The van der Waals surface area contributed by atoms with Crippen LogP contribution in [0.25, 0.3) is 10.1 Å². The average molecular weight is 537 g/mol. The number of carbonyl (C=O) groups excluding carboxylic acids is 1. The summed E-state index contributed by atoms with van der Waals surface area (Å²) in [6.07, 6.45) is 1.58. The minimum atomic E-state index is -0.381. The molecule has 1 aliphatic heterocycles. The highest BCUT2D eigenvalue weighted by molar-refractivity contribution is 7.21. The molecule has 0 saturated carbocycles. The van der Waals surface area contributed by atoms with Crippen LogP contribution in [0.4, 0.5) is 14.5 Å². The second-order valence-electron chi connectivity index (χ2n) is 9.78. The number of nitrogens with one attached hydrogen (secondary N) is 1. The number of rotatable bonds is 9. The maximum Gasteiger partial charge on any atom is 0.207 e. The van der Waals surface area contributed by atoms with E-state index in [2.05, 4.69) is 10.2 Å². The number of alkyl halides is 1. The first kappa shape index (κ1) is 26.1. The zero-order chi connectivity index (χ0) is 26.8. The summed E-state index contributed by atoms with van der Waals surface area (Å²) in [5, 5.41) is 14.3. The summed E-state index contributed by atoms with van der Waals surface area (Å²) >= 11 is 1.24. The van der Waals surface area contributed by atoms with Gasteiger partial charge in [-0.1, -0.05) is 0 Å². The predicted octanol–water partition coefficient (Wildman–Crippen LogP) is 7.23. The van der Waals surface area contributed by atoms with Gasteiger partial charge in [-0.3, -0.25) is 9.18 Å². The van der Waals surface area contributed by atoms with Gasteiger partial charge < -0.3 is 20.1 Å². The van der Waals surface area contributed by atoms with Crippen LogP contribution in [0.3, 0.4) is 0 Å². The van der Waals surface area contributed by atoms with Gasteiger partial charge in [0, 0.05) is 47.0 Å². The van der Waals surface area contributed by atoms with E-state index in [-0.39, 0.29) is 24.0 Å². The van der Waals surface area contributed by atoms with Crippen molar-refractivity contribution in [3.8, 4) is 17.2 Å². The Morgan fingerprint density at radius 3 is 2.58 bits per heavy atom. The topological polar surface area (TPSA) is 61.8 Å². The normalized spacial score (nSPS) is 15.7. The number of anilines is 1. The Morgan fingerprint density at radius 2 is 1.87 bits per heavy atom. The van der Waals surface area contributed by atoms with Gasteiger partial charge in [-0.2, -0.15) is 0 Å². The fourth-order valence-electron chi connectivity index (χ4n) is 5.10. The van der Waals surface area contributed by atoms with E-state index in [1.807, 2.05) is 24.3 Å². The van der Waals surface area contributed by atoms with Crippen LogP contribution in [-0.4, -0.2) is 48.1 Å². The second-order valence-corrected chi connectivity index (χ2v) is 10.8. The van der Waals surface area contributed by atoms with E-state index in [1.165, 1.54) is 23.5 Å². The van der Waals surface area contributed by atoms with Gasteiger partial charge in [-0.25, -0.2) is 4.39 Å². The SMILES string of the molecule is Cc1cc(F)cc(C)c1C(=O)c1sc2cc(O)ccc2c1Oc1ccc(NC2CCN(CCCF)C2)cc1. The Hall–Kier alpha value is -3.49. The molecule has 1 unspecified atom stereocenters. The first-order valence-corrected chi connectivity index (χ1v) is 13.5. The van der Waals surface area contributed by atoms with Crippen LogP contribution < -0.4 is 10.1 Å². The summed E-state index contributed by atoms with van der Waals surface area (Å²) in [6.45, 7) is 5.79. The highest BCUT2D eigenvalue weighted by Crippen LogP contribution is 2.43. The number of halogens is 2. The number of nitrogens with zero attached hydrogens (tertiary/aromatic N) is 1. The molecule has 3 aromatic carbocycles. The van der Waals surface area contributed by atoms with E-state index < -0.39 is 0 Å². The van der Waals surface area contributed by atoms with Crippen LogP contribution in [-0.2, 0) is 0 Å². The number of phenolic OH excluding ortho intramolecular Hbond substituents is 1. The van der Waals surface area contributed by atoms with Crippen LogP contribution in [0, 0.1) is 19.7 Å². The van der Waals surface area contributed by atoms with E-state index in [4.69, 9.17) is 4.74 Å². The number of fused-ring (bicyclic) bond motifs is 1. The zero-order valence-corrected chi connectivity index (χ0v) is 22.2. The molecule has 0 aliphatic carbocycles. The van der Waals surface area contributed by atoms with Gasteiger partial charge in [-0.15, -0.1) is 11.3 Å². The summed E-state index contributed by atoms with van der Waals surface area (Å²) < 4.78 is 33.4. The fraction of sp³-hybridized carbons (Fsp3) is 0.300. The molecule has 38 heavy (non-hydrogen) atoms. The molecule has 5 rings (SSSR count). The first-order valence-electron chi connectivity index (χ1n) is 12.7. The van der Waals surface area contributed by atoms with E-state index in [9.17, 15) is 18.7 Å². The number of aryl methyl sites for hydroxylation is 2. The molecule has 0 radical (unpaired) electrons. The van der Waals surface area contributed by atoms with Gasteiger partial charge in [0.1, 0.15) is 22.2 Å². The molecule has 5 nitrogen and oxygen atoms in total. The Kier molecular flexibility index (Phi) is 7.63. The molecule has 1 aromatic heterocycles. The van der Waals surface area contributed by atoms with Crippen molar-refractivity contribution < 1.29 is 23.4 Å². The quantitative estimate of drug-likeness (QED) is 0.221. The van der Waals surface area contributed by atoms with Crippen molar-refractivity contribution in [2.24, 2.45) is 0 Å². The molecule has 2 N–H and O–H groups in total. The van der Waals surface area contributed by atoms with Gasteiger partial charge in [0.2, 0.25) is 5.78 Å². The number of likely N-dealkylation sites (tertiary alicyclic amines) is 1. The highest BCUT2D eigenvalue weighted by Gasteiger charge is 2.25. The number of carbonyl (C=O) groups is 1. The van der Waals surface area contributed by atoms with Crippen molar-refractivity contribution in [3.05, 3.63) is 82.0 Å². The number of hydrogen-bond acceptors (Lipinski definition) is 6. The van der Waals surface area contributed by atoms with Crippen molar-refractivity contribution in [2.75, 3.05) is 31.6 Å². The smallest absolute Gasteiger partial charge is 0.207 e. The van der Waals surface area contributed by atoms with Crippen LogP contribution >= 0.6 is 11.3 Å². The number of phenols is 1. The van der Waals surface area contributed by atoms with E-state index in [0.29, 0.717) is 45.5 Å². The summed E-state index contributed by atoms with van der Waals surface area (Å²) in [4.78, 5) is 16.4. The van der Waals surface area contributed by atoms with Crippen molar-refractivity contribution in [3.63, 3.8) is 0 Å². The Balaban J connectivity index is 1.40. The first-order chi connectivity index (χ1) is 18.3. The van der Waals surface area contributed by atoms with Crippen LogP contribution in [0.5, 0.6) is 17.2 Å². The van der Waals surface area contributed by atoms with Crippen molar-refractivity contribution >= 4 is 32.9 Å². The molecule has 0 bridgehead atoms. The monoisotopic (exact) mass is 536 g/mol. The molecule has 1 atom stereocenters. The third-order valence-corrected chi connectivity index (χ3v) is 8.02. The predicted molar refractivity (Wildman–Crippen MR) is 148 cm³/mol. The number of aromatic hydroxyl groups is 1. The zero-order valence-electron chi connectivity index (χ0n) is 21.4. The minimum Gasteiger partial charge on any atom is -0.508 e. The molecular formula is C30H30F2N2O3S. The van der Waals surface area contributed by atoms with Gasteiger partial charge in [0.25, 0.3) is 0 Å². The molecule has 1 aliphatic rings. The van der Waals surface area contributed by atoms with Gasteiger partial charge in [0.15, 0.2) is 5.75 Å². The third kappa shape index (κ3) is 5.51. The summed E-state index contributed by atoms with van der Waals surface area (Å²) in [6, 6.07) is 15.5. The molecule has 2 heterocycles. The van der Waals surface area contributed by atoms with Gasteiger partial charge in [-0.05, 0) is 92.4 Å². The fourth-order valence-corrected chi connectivity index (χ4v) is 6.21. The average Bonchev–Trinajstić information content (AvgIpc) is 3.47. The molecule has 0 spiro atoms. The highest BCUT2D eigenvalue weighted by atomic mass is 32.1. The standard InChI is InChI=1S/C30H30F2N2O3S/c1-18-14-20(32)15-19(2)27(18)28(36)30-29(25-9-6-23(35)16-26(25)38-30)37-24-7-4-21(5-8-24)33-22-10-13-34(17-22)12-3-11-31/h4-9,14-16,22,33,35H,3,10-13,17H2,1-2H3. The maximum absolute atomic E-state index is 13.9. The molecule has 4 aromatic rings. The van der Waals surface area contributed by atoms with E-state index in [0.717, 1.165) is 41.8 Å². The summed E-state index contributed by atoms with van der Waals surface area (Å²) in [5.74, 6) is 0.462. The Labute approximate surface area is 224 Å². The molecule has 0 amide bonds. The molecule has 8 heteroatoms. The van der Waals surface area contributed by atoms with Gasteiger partial charge >= 0.3 is 0 Å². The largest absolute Gasteiger partial charge is 0.508 e. The van der Waals surface area contributed by atoms with Crippen molar-refractivity contribution in [1.29, 1.82) is 0 Å². The Morgan fingerprint density at radius 1 is 1.13 bits per heavy atom. The van der Waals surface area contributed by atoms with Crippen molar-refractivity contribution in [2.45, 2.75) is 32.7 Å². The third-order valence-electron chi connectivity index (χ3n) is 6.88. The lowest BCUT2D eigenvalue weighted by molar-refractivity contribution is 0.103. The van der Waals surface area contributed by atoms with Gasteiger partial charge in [0.05, 0.1) is 6.67 Å². The number of thiophene rings is 1. The number of ketones is 1. The number of benzene rings is 3. The van der Waals surface area contributed by atoms with Crippen LogP contribution in [0.15, 0.2) is 54.6 Å². The molecule has 1 fully saturated rings. The van der Waals surface area contributed by atoms with Crippen LogP contribution in [0.2, 0.25) is 0 Å². The summed E-state index contributed by atoms with van der Waals surface area (Å²) in [7, 11) is 0. The van der Waals surface area contributed by atoms with E-state index >= 15 is 0 Å². The molecule has 1 saturated heterocycles. The van der Waals surface area contributed by atoms with Crippen LogP contribution in [0.1, 0.15) is 39.2 Å². The van der Waals surface area contributed by atoms with Crippen molar-refractivity contribution in [1.82, 2.24) is 4.90 Å². The van der Waals surface area contributed by atoms with E-state index in [1.54, 1.807) is 32.0 Å². The molecule has 198 valence electrons.